The van der Waals surface area contributed by atoms with Crippen molar-refractivity contribution in [2.24, 2.45) is 0 Å². The monoisotopic (exact) mass is 216 g/mol. The van der Waals surface area contributed by atoms with Crippen LogP contribution in [0.3, 0.4) is 0 Å². The molecule has 0 fully saturated rings. The van der Waals surface area contributed by atoms with Gasteiger partial charge < -0.3 is 10.2 Å². The van der Waals surface area contributed by atoms with Crippen molar-refractivity contribution in [3.05, 3.63) is 28.8 Å². The molecule has 0 aliphatic heterocycles. The number of aromatic hydroxyl groups is 1. The Morgan fingerprint density at radius 1 is 1.27 bits per heavy atom. The van der Waals surface area contributed by atoms with E-state index in [1.54, 1.807) is 19.9 Å². The first-order valence-electron chi connectivity index (χ1n) is 4.69. The molecule has 2 N–H and O–H groups in total. The van der Waals surface area contributed by atoms with Crippen molar-refractivity contribution in [3.8, 4) is 5.75 Å². The minimum absolute atomic E-state index is 0.181. The Hall–Kier alpha value is -1.16. The van der Waals surface area contributed by atoms with Crippen LogP contribution in [-0.2, 0) is 0 Å². The first kappa shape index (κ1) is 11.9. The van der Waals surface area contributed by atoms with E-state index in [4.69, 9.17) is 5.11 Å². The minimum Gasteiger partial charge on any atom is -0.507 e. The first-order valence-corrected chi connectivity index (χ1v) is 4.69. The molecule has 0 bridgehead atoms. The molecule has 1 aromatic carbocycles. The average molecular weight is 216 g/mol. The van der Waals surface area contributed by atoms with Crippen LogP contribution in [0.4, 0.5) is 8.78 Å². The third-order valence-corrected chi connectivity index (χ3v) is 2.35. The summed E-state index contributed by atoms with van der Waals surface area (Å²) in [5.74, 6) is -0.750. The highest BCUT2D eigenvalue weighted by molar-refractivity contribution is 5.45. The van der Waals surface area contributed by atoms with Crippen LogP contribution in [-0.4, -0.2) is 16.8 Å². The standard InChI is InChI=1S/C11H14F2O2/c1-6-3-8(7(2)5-14)10(15)9(4-6)11(12)13/h3-4,7,11,14-15H,5H2,1-2H3. The molecular formula is C11H14F2O2. The number of phenols is 1. The van der Waals surface area contributed by atoms with Gasteiger partial charge in [0.25, 0.3) is 6.43 Å². The van der Waals surface area contributed by atoms with Crippen molar-refractivity contribution in [3.63, 3.8) is 0 Å². The quantitative estimate of drug-likeness (QED) is 0.815. The van der Waals surface area contributed by atoms with Crippen molar-refractivity contribution in [1.82, 2.24) is 0 Å². The molecule has 0 saturated heterocycles. The van der Waals surface area contributed by atoms with E-state index in [0.29, 0.717) is 11.1 Å². The van der Waals surface area contributed by atoms with Gasteiger partial charge in [-0.05, 0) is 18.6 Å². The van der Waals surface area contributed by atoms with Gasteiger partial charge in [-0.1, -0.05) is 18.6 Å². The number of phenolic OH excluding ortho intramolecular Hbond substituents is 1. The van der Waals surface area contributed by atoms with Crippen molar-refractivity contribution in [1.29, 1.82) is 0 Å². The highest BCUT2D eigenvalue weighted by Gasteiger charge is 2.19. The smallest absolute Gasteiger partial charge is 0.267 e. The summed E-state index contributed by atoms with van der Waals surface area (Å²) in [4.78, 5) is 0. The second-order valence-electron chi connectivity index (χ2n) is 3.68. The maximum Gasteiger partial charge on any atom is 0.267 e. The highest BCUT2D eigenvalue weighted by atomic mass is 19.3. The van der Waals surface area contributed by atoms with E-state index >= 15 is 0 Å². The van der Waals surface area contributed by atoms with E-state index in [-0.39, 0.29) is 18.1 Å². The molecule has 1 unspecified atom stereocenters. The Bertz CT molecular complexity index is 351. The molecule has 0 radical (unpaired) electrons. The lowest BCUT2D eigenvalue weighted by Gasteiger charge is -2.15. The number of hydrogen-bond acceptors (Lipinski definition) is 2. The van der Waals surface area contributed by atoms with Gasteiger partial charge in [-0.2, -0.15) is 0 Å². The van der Waals surface area contributed by atoms with Crippen LogP contribution in [0.25, 0.3) is 0 Å². The maximum absolute atomic E-state index is 12.5. The van der Waals surface area contributed by atoms with E-state index in [1.165, 1.54) is 6.07 Å². The van der Waals surface area contributed by atoms with Crippen molar-refractivity contribution in [2.75, 3.05) is 6.61 Å². The van der Waals surface area contributed by atoms with Crippen LogP contribution in [0.5, 0.6) is 5.75 Å². The molecule has 0 saturated carbocycles. The molecule has 0 aromatic heterocycles. The van der Waals surface area contributed by atoms with Crippen LogP contribution < -0.4 is 0 Å². The number of aryl methyl sites for hydroxylation is 1. The number of hydrogen-bond donors (Lipinski definition) is 2. The molecule has 0 spiro atoms. The fourth-order valence-electron chi connectivity index (χ4n) is 1.48. The zero-order valence-corrected chi connectivity index (χ0v) is 8.67. The molecule has 0 aliphatic carbocycles. The maximum atomic E-state index is 12.5. The number of halogens is 2. The van der Waals surface area contributed by atoms with Crippen molar-refractivity contribution >= 4 is 0 Å². The number of aliphatic hydroxyl groups excluding tert-OH is 1. The van der Waals surface area contributed by atoms with Gasteiger partial charge in [0.2, 0.25) is 0 Å². The van der Waals surface area contributed by atoms with Gasteiger partial charge >= 0.3 is 0 Å². The van der Waals surface area contributed by atoms with E-state index in [0.717, 1.165) is 0 Å². The Balaban J connectivity index is 3.28. The van der Waals surface area contributed by atoms with E-state index in [9.17, 15) is 13.9 Å². The summed E-state index contributed by atoms with van der Waals surface area (Å²) in [7, 11) is 0. The van der Waals surface area contributed by atoms with Gasteiger partial charge in [0.15, 0.2) is 0 Å². The van der Waals surface area contributed by atoms with E-state index in [1.807, 2.05) is 0 Å². The Kier molecular flexibility index (Phi) is 3.63. The lowest BCUT2D eigenvalue weighted by molar-refractivity contribution is 0.147. The van der Waals surface area contributed by atoms with Gasteiger partial charge in [0.05, 0.1) is 5.56 Å². The molecule has 1 aromatic rings. The van der Waals surface area contributed by atoms with Gasteiger partial charge in [-0.15, -0.1) is 0 Å². The van der Waals surface area contributed by atoms with Crippen LogP contribution in [0.1, 0.15) is 36.0 Å². The van der Waals surface area contributed by atoms with Gasteiger partial charge in [-0.3, -0.25) is 0 Å². The molecule has 0 aliphatic rings. The normalized spacial score (nSPS) is 13.2. The van der Waals surface area contributed by atoms with Crippen molar-refractivity contribution < 1.29 is 19.0 Å². The molecule has 84 valence electrons. The van der Waals surface area contributed by atoms with Crippen LogP contribution in [0, 0.1) is 6.92 Å². The number of alkyl halides is 2. The zero-order chi connectivity index (χ0) is 11.6. The highest BCUT2D eigenvalue weighted by Crippen LogP contribution is 2.35. The molecule has 1 atom stereocenters. The summed E-state index contributed by atoms with van der Waals surface area (Å²) in [6.45, 7) is 3.17. The number of aliphatic hydroxyl groups is 1. The topological polar surface area (TPSA) is 40.5 Å². The summed E-state index contributed by atoms with van der Waals surface area (Å²) >= 11 is 0. The van der Waals surface area contributed by atoms with Crippen LogP contribution >= 0.6 is 0 Å². The molecule has 0 amide bonds. The molecule has 2 nitrogen and oxygen atoms in total. The zero-order valence-electron chi connectivity index (χ0n) is 8.67. The summed E-state index contributed by atoms with van der Waals surface area (Å²) < 4.78 is 25.1. The predicted molar refractivity (Wildman–Crippen MR) is 53.3 cm³/mol. The fourth-order valence-corrected chi connectivity index (χ4v) is 1.48. The third-order valence-electron chi connectivity index (χ3n) is 2.35. The Morgan fingerprint density at radius 2 is 1.80 bits per heavy atom. The predicted octanol–water partition coefficient (Wildman–Crippen LogP) is 2.73. The molecule has 15 heavy (non-hydrogen) atoms. The molecular weight excluding hydrogens is 202 g/mol. The SMILES string of the molecule is Cc1cc(C(F)F)c(O)c(C(C)CO)c1. The van der Waals surface area contributed by atoms with Crippen molar-refractivity contribution in [2.45, 2.75) is 26.2 Å². The van der Waals surface area contributed by atoms with Gasteiger partial charge in [0.1, 0.15) is 5.75 Å². The second kappa shape index (κ2) is 4.57. The van der Waals surface area contributed by atoms with Crippen LogP contribution in [0.2, 0.25) is 0 Å². The lowest BCUT2D eigenvalue weighted by Crippen LogP contribution is -2.02. The molecule has 1 rings (SSSR count). The van der Waals surface area contributed by atoms with E-state index in [2.05, 4.69) is 0 Å². The summed E-state index contributed by atoms with van der Waals surface area (Å²) in [6.07, 6.45) is -2.70. The minimum atomic E-state index is -2.70. The lowest BCUT2D eigenvalue weighted by atomic mass is 9.96. The number of rotatable bonds is 3. The Labute approximate surface area is 87.2 Å². The number of benzene rings is 1. The first-order chi connectivity index (χ1) is 6.97. The third kappa shape index (κ3) is 2.45. The van der Waals surface area contributed by atoms with Crippen LogP contribution in [0.15, 0.2) is 12.1 Å². The van der Waals surface area contributed by atoms with Gasteiger partial charge in [-0.25, -0.2) is 8.78 Å². The summed E-state index contributed by atoms with van der Waals surface area (Å²) in [6, 6.07) is 2.87. The largest absolute Gasteiger partial charge is 0.507 e. The van der Waals surface area contributed by atoms with Gasteiger partial charge in [0, 0.05) is 12.5 Å². The fraction of sp³-hybridized carbons (Fsp3) is 0.455. The second-order valence-corrected chi connectivity index (χ2v) is 3.68. The summed E-state index contributed by atoms with van der Waals surface area (Å²) in [5.41, 5.74) is 0.650. The Morgan fingerprint density at radius 3 is 2.27 bits per heavy atom. The molecule has 0 heterocycles. The molecule has 4 heteroatoms. The average Bonchev–Trinajstić information content (AvgIpc) is 2.19. The summed E-state index contributed by atoms with van der Waals surface area (Å²) in [5, 5.41) is 18.5. The van der Waals surface area contributed by atoms with E-state index < -0.39 is 12.2 Å².